The summed E-state index contributed by atoms with van der Waals surface area (Å²) in [5.41, 5.74) is 0.0794. The number of rotatable bonds is 10. The Labute approximate surface area is 138 Å². The third kappa shape index (κ3) is 6.13. The Morgan fingerprint density at radius 1 is 1.32 bits per heavy atom. The van der Waals surface area contributed by atoms with Gasteiger partial charge >= 0.3 is 0 Å². The first-order chi connectivity index (χ1) is 10.2. The zero-order valence-electron chi connectivity index (χ0n) is 15.7. The van der Waals surface area contributed by atoms with E-state index in [0.717, 1.165) is 19.3 Å². The van der Waals surface area contributed by atoms with Crippen LogP contribution < -0.4 is 0 Å². The molecule has 128 valence electrons. The quantitative estimate of drug-likeness (QED) is 0.460. The molecule has 0 aromatic carbocycles. The fraction of sp³-hybridized carbons (Fsp3) is 0.800. The van der Waals surface area contributed by atoms with E-state index in [1.54, 1.807) is 6.08 Å². The van der Waals surface area contributed by atoms with Crippen molar-refractivity contribution < 1.29 is 4.39 Å². The molecule has 0 amide bonds. The highest BCUT2D eigenvalue weighted by atomic mass is 19.1. The number of hydrogen-bond acceptors (Lipinski definition) is 1. The van der Waals surface area contributed by atoms with Crippen molar-refractivity contribution in [1.29, 1.82) is 0 Å². The standard InChI is InChI=1S/C20H36FN/c1-9-13-17(15-18(21)14-10-2)19(16(5)11-3)22(8)20(6,7)12-4/h1,15-17,19H,10-14H2,2-8H3/b18-15+. The molecule has 0 aliphatic rings. The minimum absolute atomic E-state index is 0.0150. The number of allylic oxidation sites excluding steroid dienone is 1. The van der Waals surface area contributed by atoms with Crippen LogP contribution in [-0.2, 0) is 0 Å². The van der Waals surface area contributed by atoms with E-state index in [-0.39, 0.29) is 23.3 Å². The lowest BCUT2D eigenvalue weighted by Gasteiger charge is -2.46. The molecule has 0 aliphatic carbocycles. The molecule has 0 aromatic heterocycles. The van der Waals surface area contributed by atoms with Crippen LogP contribution in [0, 0.1) is 24.2 Å². The first kappa shape index (κ1) is 21.2. The molecule has 0 aromatic rings. The highest BCUT2D eigenvalue weighted by Gasteiger charge is 2.35. The highest BCUT2D eigenvalue weighted by molar-refractivity contribution is 5.06. The maximum atomic E-state index is 14.1. The smallest absolute Gasteiger partial charge is 0.0963 e. The molecular weight excluding hydrogens is 273 g/mol. The van der Waals surface area contributed by atoms with Crippen LogP contribution in [0.4, 0.5) is 4.39 Å². The number of halogens is 1. The number of hydrogen-bond donors (Lipinski definition) is 0. The number of terminal acetylenes is 1. The molecular formula is C20H36FN. The van der Waals surface area contributed by atoms with Crippen LogP contribution in [-0.4, -0.2) is 23.5 Å². The van der Waals surface area contributed by atoms with E-state index in [4.69, 9.17) is 6.42 Å². The van der Waals surface area contributed by atoms with Gasteiger partial charge in [0.1, 0.15) is 0 Å². The van der Waals surface area contributed by atoms with Crippen molar-refractivity contribution in [3.63, 3.8) is 0 Å². The Morgan fingerprint density at radius 2 is 1.91 bits per heavy atom. The van der Waals surface area contributed by atoms with Crippen molar-refractivity contribution >= 4 is 0 Å². The summed E-state index contributed by atoms with van der Waals surface area (Å²) in [7, 11) is 2.16. The van der Waals surface area contributed by atoms with Crippen LogP contribution in [0.25, 0.3) is 0 Å². The average Bonchev–Trinajstić information content (AvgIpc) is 2.47. The lowest BCUT2D eigenvalue weighted by molar-refractivity contribution is 0.0425. The zero-order chi connectivity index (χ0) is 17.3. The van der Waals surface area contributed by atoms with Crippen molar-refractivity contribution in [3.8, 4) is 12.3 Å². The molecule has 3 atom stereocenters. The lowest BCUT2D eigenvalue weighted by Crippen LogP contribution is -2.52. The molecule has 0 spiro atoms. The molecule has 0 saturated heterocycles. The lowest BCUT2D eigenvalue weighted by atomic mass is 9.81. The molecule has 0 heterocycles. The van der Waals surface area contributed by atoms with Gasteiger partial charge in [0.05, 0.1) is 5.83 Å². The monoisotopic (exact) mass is 309 g/mol. The van der Waals surface area contributed by atoms with Crippen LogP contribution >= 0.6 is 0 Å². The van der Waals surface area contributed by atoms with Crippen molar-refractivity contribution in [2.45, 2.75) is 85.2 Å². The van der Waals surface area contributed by atoms with Gasteiger partial charge in [-0.3, -0.25) is 4.90 Å². The van der Waals surface area contributed by atoms with Gasteiger partial charge in [0.15, 0.2) is 0 Å². The van der Waals surface area contributed by atoms with Crippen LogP contribution in [0.15, 0.2) is 11.9 Å². The van der Waals surface area contributed by atoms with E-state index in [9.17, 15) is 4.39 Å². The second kappa shape index (κ2) is 10.1. The average molecular weight is 310 g/mol. The van der Waals surface area contributed by atoms with Gasteiger partial charge < -0.3 is 0 Å². The summed E-state index contributed by atoms with van der Waals surface area (Å²) in [6, 6.07) is 0.263. The van der Waals surface area contributed by atoms with Crippen molar-refractivity contribution in [3.05, 3.63) is 11.9 Å². The van der Waals surface area contributed by atoms with E-state index in [1.165, 1.54) is 0 Å². The number of nitrogens with zero attached hydrogens (tertiary/aromatic N) is 1. The topological polar surface area (TPSA) is 3.24 Å². The molecule has 0 rings (SSSR count). The van der Waals surface area contributed by atoms with Crippen LogP contribution in [0.3, 0.4) is 0 Å². The minimum atomic E-state index is -0.0150. The maximum absolute atomic E-state index is 14.1. The van der Waals surface area contributed by atoms with Crippen LogP contribution in [0.1, 0.15) is 73.6 Å². The Kier molecular flexibility index (Phi) is 9.69. The molecule has 0 fully saturated rings. The van der Waals surface area contributed by atoms with E-state index in [1.807, 2.05) is 6.92 Å². The highest BCUT2D eigenvalue weighted by Crippen LogP contribution is 2.32. The molecule has 22 heavy (non-hydrogen) atoms. The Bertz CT molecular complexity index is 378. The summed E-state index contributed by atoms with van der Waals surface area (Å²) in [6.07, 6.45) is 11.4. The van der Waals surface area contributed by atoms with Gasteiger partial charge in [-0.25, -0.2) is 4.39 Å². The fourth-order valence-electron chi connectivity index (χ4n) is 2.95. The SMILES string of the molecule is C#CCC(/C=C(/F)CCC)C(C(C)CC)N(C)C(C)(C)CC. The molecule has 0 N–H and O–H groups in total. The summed E-state index contributed by atoms with van der Waals surface area (Å²) in [4.78, 5) is 2.42. The molecule has 0 saturated carbocycles. The predicted molar refractivity (Wildman–Crippen MR) is 96.4 cm³/mol. The minimum Gasteiger partial charge on any atom is -0.297 e. The Balaban J connectivity index is 5.60. The van der Waals surface area contributed by atoms with Gasteiger partial charge in [-0.2, -0.15) is 0 Å². The first-order valence-electron chi connectivity index (χ1n) is 8.77. The van der Waals surface area contributed by atoms with Gasteiger partial charge in [0.25, 0.3) is 0 Å². The molecule has 0 bridgehead atoms. The second-order valence-corrected chi connectivity index (χ2v) is 7.09. The molecule has 1 nitrogen and oxygen atoms in total. The Morgan fingerprint density at radius 3 is 2.32 bits per heavy atom. The summed E-state index contributed by atoms with van der Waals surface area (Å²) in [5.74, 6) is 3.29. The first-order valence-corrected chi connectivity index (χ1v) is 8.77. The normalized spacial score (nSPS) is 17.2. The third-order valence-electron chi connectivity index (χ3n) is 5.17. The van der Waals surface area contributed by atoms with E-state index >= 15 is 0 Å². The maximum Gasteiger partial charge on any atom is 0.0963 e. The van der Waals surface area contributed by atoms with E-state index in [0.29, 0.717) is 18.8 Å². The fourth-order valence-corrected chi connectivity index (χ4v) is 2.95. The summed E-state index contributed by atoms with van der Waals surface area (Å²) < 4.78 is 14.1. The molecule has 3 unspecified atom stereocenters. The van der Waals surface area contributed by atoms with E-state index < -0.39 is 0 Å². The van der Waals surface area contributed by atoms with E-state index in [2.05, 4.69) is 52.5 Å². The summed E-state index contributed by atoms with van der Waals surface area (Å²) >= 11 is 0. The summed E-state index contributed by atoms with van der Waals surface area (Å²) in [6.45, 7) is 13.2. The predicted octanol–water partition coefficient (Wildman–Crippen LogP) is 5.81. The van der Waals surface area contributed by atoms with Gasteiger partial charge in [0.2, 0.25) is 0 Å². The molecule has 2 heteroatoms. The van der Waals surface area contributed by atoms with Gasteiger partial charge in [-0.05, 0) is 52.2 Å². The summed E-state index contributed by atoms with van der Waals surface area (Å²) in [5, 5.41) is 0. The zero-order valence-corrected chi connectivity index (χ0v) is 15.7. The van der Waals surface area contributed by atoms with Crippen molar-refractivity contribution in [2.75, 3.05) is 7.05 Å². The van der Waals surface area contributed by atoms with Crippen molar-refractivity contribution in [2.24, 2.45) is 11.8 Å². The molecule has 0 radical (unpaired) electrons. The van der Waals surface area contributed by atoms with Crippen LogP contribution in [0.5, 0.6) is 0 Å². The van der Waals surface area contributed by atoms with Gasteiger partial charge in [-0.15, -0.1) is 12.3 Å². The van der Waals surface area contributed by atoms with Gasteiger partial charge in [0, 0.05) is 23.9 Å². The second-order valence-electron chi connectivity index (χ2n) is 7.09. The van der Waals surface area contributed by atoms with Crippen molar-refractivity contribution in [1.82, 2.24) is 4.90 Å². The third-order valence-corrected chi connectivity index (χ3v) is 5.17. The Hall–Kier alpha value is -0.810. The van der Waals surface area contributed by atoms with Gasteiger partial charge in [-0.1, -0.05) is 34.1 Å². The van der Waals surface area contributed by atoms with Crippen LogP contribution in [0.2, 0.25) is 0 Å². The largest absolute Gasteiger partial charge is 0.297 e. The molecule has 0 aliphatic heterocycles.